The molecule has 0 atom stereocenters. The van der Waals surface area contributed by atoms with Crippen molar-refractivity contribution < 1.29 is 18.8 Å². The first-order chi connectivity index (χ1) is 13.5. The second kappa shape index (κ2) is 8.85. The fourth-order valence-electron chi connectivity index (χ4n) is 2.49. The van der Waals surface area contributed by atoms with Gasteiger partial charge in [-0.25, -0.2) is 4.98 Å². The van der Waals surface area contributed by atoms with Crippen LogP contribution in [0.25, 0.3) is 11.5 Å². The zero-order chi connectivity index (χ0) is 19.9. The van der Waals surface area contributed by atoms with Crippen LogP contribution in [0.2, 0.25) is 0 Å². The number of hydrogen-bond acceptors (Lipinski definition) is 6. The van der Waals surface area contributed by atoms with Crippen molar-refractivity contribution in [2.45, 2.75) is 20.5 Å². The first-order valence-electron chi connectivity index (χ1n) is 8.68. The fourth-order valence-corrected chi connectivity index (χ4v) is 2.49. The van der Waals surface area contributed by atoms with Gasteiger partial charge in [-0.1, -0.05) is 17.3 Å². The molecule has 1 N–H and O–H groups in total. The highest BCUT2D eigenvalue weighted by atomic mass is 16.6. The molecular formula is C21H21N3O4. The minimum Gasteiger partial charge on any atom is -0.497 e. The summed E-state index contributed by atoms with van der Waals surface area (Å²) in [4.78, 5) is 20.9. The number of oxime groups is 1. The summed E-state index contributed by atoms with van der Waals surface area (Å²) in [5, 5.41) is 6.84. The third-order valence-electron chi connectivity index (χ3n) is 3.93. The molecule has 0 unspecified atom stereocenters. The Kier molecular flexibility index (Phi) is 6.06. The van der Waals surface area contributed by atoms with Gasteiger partial charge in [-0.3, -0.25) is 4.79 Å². The summed E-state index contributed by atoms with van der Waals surface area (Å²) in [5.74, 6) is 1.17. The third kappa shape index (κ3) is 4.97. The number of hydrogen-bond donors (Lipinski definition) is 1. The molecule has 0 saturated carbocycles. The number of anilines is 1. The molecule has 0 bridgehead atoms. The number of nitrogens with one attached hydrogen (secondary N) is 1. The average Bonchev–Trinajstić information content (AvgIpc) is 3.17. The highest BCUT2D eigenvalue weighted by Crippen LogP contribution is 2.22. The van der Waals surface area contributed by atoms with E-state index in [0.29, 0.717) is 17.3 Å². The molecule has 1 aromatic heterocycles. The van der Waals surface area contributed by atoms with Crippen molar-refractivity contribution in [2.24, 2.45) is 5.16 Å². The summed E-state index contributed by atoms with van der Waals surface area (Å²) in [6, 6.07) is 14.8. The largest absolute Gasteiger partial charge is 0.497 e. The van der Waals surface area contributed by atoms with Crippen LogP contribution < -0.4 is 10.1 Å². The highest BCUT2D eigenvalue weighted by Gasteiger charge is 2.08. The van der Waals surface area contributed by atoms with Gasteiger partial charge in [0, 0.05) is 18.2 Å². The third-order valence-corrected chi connectivity index (χ3v) is 3.93. The number of rotatable bonds is 7. The summed E-state index contributed by atoms with van der Waals surface area (Å²) in [6.07, 6.45) is 1.55. The molecule has 7 heteroatoms. The van der Waals surface area contributed by atoms with Crippen molar-refractivity contribution in [2.75, 3.05) is 12.4 Å². The smallest absolute Gasteiger partial charge is 0.226 e. The Balaban J connectivity index is 1.58. The minimum absolute atomic E-state index is 0.108. The van der Waals surface area contributed by atoms with Crippen LogP contribution in [0.4, 0.5) is 5.69 Å². The van der Waals surface area contributed by atoms with Gasteiger partial charge in [0.15, 0.2) is 6.61 Å². The lowest BCUT2D eigenvalue weighted by atomic mass is 10.1. The number of amides is 1. The van der Waals surface area contributed by atoms with Gasteiger partial charge in [0.05, 0.1) is 12.8 Å². The summed E-state index contributed by atoms with van der Waals surface area (Å²) in [6.45, 7) is 3.51. The van der Waals surface area contributed by atoms with E-state index in [0.717, 1.165) is 22.6 Å². The molecule has 0 saturated heterocycles. The Morgan fingerprint density at radius 3 is 2.46 bits per heavy atom. The van der Waals surface area contributed by atoms with Crippen LogP contribution in [0, 0.1) is 0 Å². The maximum absolute atomic E-state index is 11.1. The SMILES string of the molecule is COc1ccc(-c2nc(CO/N=C(\C)c3ccc(NC(C)=O)cc3)co2)cc1. The molecule has 0 aliphatic carbocycles. The molecule has 28 heavy (non-hydrogen) atoms. The molecule has 3 rings (SSSR count). The van der Waals surface area contributed by atoms with Crippen molar-refractivity contribution in [1.82, 2.24) is 4.98 Å². The van der Waals surface area contributed by atoms with E-state index in [4.69, 9.17) is 14.0 Å². The van der Waals surface area contributed by atoms with Crippen LogP contribution in [0.3, 0.4) is 0 Å². The van der Waals surface area contributed by atoms with E-state index in [9.17, 15) is 4.79 Å². The van der Waals surface area contributed by atoms with Crippen LogP contribution in [0.15, 0.2) is 64.4 Å². The van der Waals surface area contributed by atoms with Gasteiger partial charge in [0.25, 0.3) is 0 Å². The van der Waals surface area contributed by atoms with E-state index in [-0.39, 0.29) is 12.5 Å². The number of aromatic nitrogens is 1. The monoisotopic (exact) mass is 379 g/mol. The van der Waals surface area contributed by atoms with E-state index in [1.807, 2.05) is 55.5 Å². The van der Waals surface area contributed by atoms with E-state index in [2.05, 4.69) is 15.5 Å². The number of benzene rings is 2. The van der Waals surface area contributed by atoms with Crippen molar-refractivity contribution in [1.29, 1.82) is 0 Å². The predicted molar refractivity (Wildman–Crippen MR) is 106 cm³/mol. The molecule has 0 aliphatic heterocycles. The Morgan fingerprint density at radius 1 is 1.11 bits per heavy atom. The number of carbonyl (C=O) groups is 1. The van der Waals surface area contributed by atoms with Crippen molar-refractivity contribution in [3.63, 3.8) is 0 Å². The van der Waals surface area contributed by atoms with Gasteiger partial charge in [0.2, 0.25) is 11.8 Å². The molecule has 7 nitrogen and oxygen atoms in total. The zero-order valence-corrected chi connectivity index (χ0v) is 15.9. The molecule has 1 heterocycles. The van der Waals surface area contributed by atoms with Crippen LogP contribution in [0.1, 0.15) is 25.1 Å². The summed E-state index contributed by atoms with van der Waals surface area (Å²) in [7, 11) is 1.62. The average molecular weight is 379 g/mol. The molecule has 2 aromatic carbocycles. The summed E-state index contributed by atoms with van der Waals surface area (Å²) >= 11 is 0. The molecule has 0 fully saturated rings. The Hall–Kier alpha value is -3.61. The molecule has 0 radical (unpaired) electrons. The maximum atomic E-state index is 11.1. The molecule has 0 aliphatic rings. The Bertz CT molecular complexity index is 960. The van der Waals surface area contributed by atoms with E-state index < -0.39 is 0 Å². The highest BCUT2D eigenvalue weighted by molar-refractivity contribution is 5.99. The number of carbonyl (C=O) groups excluding carboxylic acids is 1. The van der Waals surface area contributed by atoms with Crippen molar-refractivity contribution >= 4 is 17.3 Å². The van der Waals surface area contributed by atoms with Gasteiger partial charge >= 0.3 is 0 Å². The van der Waals surface area contributed by atoms with Crippen LogP contribution in [-0.2, 0) is 16.2 Å². The zero-order valence-electron chi connectivity index (χ0n) is 15.9. The van der Waals surface area contributed by atoms with Crippen molar-refractivity contribution in [3.05, 3.63) is 66.1 Å². The molecule has 144 valence electrons. The topological polar surface area (TPSA) is 86.0 Å². The predicted octanol–water partition coefficient (Wildman–Crippen LogP) is 4.25. The number of methoxy groups -OCH3 is 1. The lowest BCUT2D eigenvalue weighted by Crippen LogP contribution is -2.06. The summed E-state index contributed by atoms with van der Waals surface area (Å²) < 4.78 is 10.6. The first kappa shape index (κ1) is 19.2. The Morgan fingerprint density at radius 2 is 1.82 bits per heavy atom. The normalized spacial score (nSPS) is 11.2. The molecule has 1 amide bonds. The van der Waals surface area contributed by atoms with E-state index in [1.54, 1.807) is 13.4 Å². The number of nitrogens with zero attached hydrogens (tertiary/aromatic N) is 2. The molecule has 3 aromatic rings. The van der Waals surface area contributed by atoms with Gasteiger partial charge in [-0.05, 0) is 48.9 Å². The van der Waals surface area contributed by atoms with Crippen LogP contribution in [-0.4, -0.2) is 23.7 Å². The molecule has 0 spiro atoms. The van der Waals surface area contributed by atoms with E-state index >= 15 is 0 Å². The van der Waals surface area contributed by atoms with Gasteiger partial charge in [-0.15, -0.1) is 0 Å². The van der Waals surface area contributed by atoms with Crippen LogP contribution >= 0.6 is 0 Å². The minimum atomic E-state index is -0.108. The van der Waals surface area contributed by atoms with Crippen molar-refractivity contribution in [3.8, 4) is 17.2 Å². The summed E-state index contributed by atoms with van der Waals surface area (Å²) in [5.41, 5.74) is 3.84. The van der Waals surface area contributed by atoms with Gasteiger partial charge in [-0.2, -0.15) is 0 Å². The standard InChI is InChI=1S/C21H21N3O4/c1-14(16-4-8-18(9-5-16)22-15(2)25)24-28-13-19-12-27-21(23-19)17-6-10-20(26-3)11-7-17/h4-12H,13H2,1-3H3,(H,22,25)/b24-14+. The molecular weight excluding hydrogens is 358 g/mol. The quantitative estimate of drug-likeness (QED) is 0.490. The van der Waals surface area contributed by atoms with Gasteiger partial charge in [0.1, 0.15) is 17.7 Å². The lowest BCUT2D eigenvalue weighted by Gasteiger charge is -2.04. The second-order valence-corrected chi connectivity index (χ2v) is 6.08. The Labute approximate surface area is 163 Å². The maximum Gasteiger partial charge on any atom is 0.226 e. The fraction of sp³-hybridized carbons (Fsp3) is 0.190. The van der Waals surface area contributed by atoms with Crippen LogP contribution in [0.5, 0.6) is 5.75 Å². The van der Waals surface area contributed by atoms with E-state index in [1.165, 1.54) is 6.92 Å². The first-order valence-corrected chi connectivity index (χ1v) is 8.68. The second-order valence-electron chi connectivity index (χ2n) is 6.08. The number of ether oxygens (including phenoxy) is 1. The number of oxazole rings is 1. The lowest BCUT2D eigenvalue weighted by molar-refractivity contribution is -0.114. The van der Waals surface area contributed by atoms with Gasteiger partial charge < -0.3 is 19.3 Å².